The molecule has 0 aromatic rings. The molecule has 0 fully saturated rings. The highest BCUT2D eigenvalue weighted by atomic mass is 16.3. The lowest BCUT2D eigenvalue weighted by Gasteiger charge is -2.07. The first-order chi connectivity index (χ1) is 7.95. The quantitative estimate of drug-likeness (QED) is 0.417. The first-order valence-corrected chi connectivity index (χ1v) is 6.05. The van der Waals surface area contributed by atoms with Crippen molar-refractivity contribution in [2.45, 2.75) is 53.1 Å². The highest BCUT2D eigenvalue weighted by Gasteiger charge is 2.02. The van der Waals surface area contributed by atoms with E-state index in [-0.39, 0.29) is 0 Å². The van der Waals surface area contributed by atoms with Gasteiger partial charge in [-0.1, -0.05) is 28.9 Å². The van der Waals surface area contributed by atoms with E-state index < -0.39 is 6.10 Å². The summed E-state index contributed by atoms with van der Waals surface area (Å²) in [5, 5.41) is 9.78. The lowest BCUT2D eigenvalue weighted by atomic mass is 10.0. The van der Waals surface area contributed by atoms with Crippen molar-refractivity contribution < 1.29 is 9.90 Å². The van der Waals surface area contributed by atoms with E-state index in [1.54, 1.807) is 0 Å². The van der Waals surface area contributed by atoms with Crippen LogP contribution >= 0.6 is 0 Å². The molecule has 0 rings (SSSR count). The number of carbonyl (C=O) groups excluding carboxylic acids is 1. The van der Waals surface area contributed by atoms with Gasteiger partial charge in [0.15, 0.2) is 0 Å². The number of aliphatic hydroxyl groups excluding tert-OH is 1. The smallest absolute Gasteiger partial charge is 0.142 e. The summed E-state index contributed by atoms with van der Waals surface area (Å²) in [5.41, 5.74) is 3.41. The molecule has 0 aliphatic carbocycles. The number of aliphatic hydroxyl groups is 1. The zero-order chi connectivity index (χ0) is 13.3. The molecule has 0 heterocycles. The summed E-state index contributed by atoms with van der Waals surface area (Å²) in [7, 11) is 0. The van der Waals surface area contributed by atoms with Gasteiger partial charge < -0.3 is 5.11 Å². The molecule has 0 aliphatic heterocycles. The maximum atomic E-state index is 10.2. The Morgan fingerprint density at radius 1 is 1.18 bits per heavy atom. The van der Waals surface area contributed by atoms with E-state index in [4.69, 9.17) is 0 Å². The van der Waals surface area contributed by atoms with E-state index in [9.17, 15) is 9.90 Å². The highest BCUT2D eigenvalue weighted by Crippen LogP contribution is 2.11. The zero-order valence-corrected chi connectivity index (χ0v) is 11.4. The van der Waals surface area contributed by atoms with Crippen LogP contribution in [-0.2, 0) is 4.79 Å². The van der Waals surface area contributed by atoms with Crippen LogP contribution in [-0.4, -0.2) is 17.5 Å². The van der Waals surface area contributed by atoms with Crippen LogP contribution in [0.25, 0.3) is 0 Å². The molecule has 0 amide bonds. The fourth-order valence-electron chi connectivity index (χ4n) is 1.57. The normalized spacial score (nSPS) is 14.4. The first kappa shape index (κ1) is 15.9. The number of hydrogen-bond donors (Lipinski definition) is 1. The summed E-state index contributed by atoms with van der Waals surface area (Å²) in [4.78, 5) is 10.2. The van der Waals surface area contributed by atoms with Gasteiger partial charge in [-0.05, 0) is 53.0 Å². The molecule has 2 nitrogen and oxygen atoms in total. The minimum atomic E-state index is -0.488. The van der Waals surface area contributed by atoms with Crippen LogP contribution < -0.4 is 0 Å². The molecular formula is C15H24O2. The SMILES string of the molecule is CC(C)=CCC/C(C)=C/C(O)C/C(C)=C/C=O. The van der Waals surface area contributed by atoms with Gasteiger partial charge in [0.25, 0.3) is 0 Å². The topological polar surface area (TPSA) is 37.3 Å². The van der Waals surface area contributed by atoms with Gasteiger partial charge in [-0.3, -0.25) is 4.79 Å². The molecule has 0 spiro atoms. The molecule has 1 unspecified atom stereocenters. The first-order valence-electron chi connectivity index (χ1n) is 6.05. The van der Waals surface area contributed by atoms with Crippen LogP contribution in [0.3, 0.4) is 0 Å². The minimum Gasteiger partial charge on any atom is -0.389 e. The van der Waals surface area contributed by atoms with Crippen LogP contribution in [0.5, 0.6) is 0 Å². The Labute approximate surface area is 105 Å². The van der Waals surface area contributed by atoms with Crippen molar-refractivity contribution in [1.82, 2.24) is 0 Å². The largest absolute Gasteiger partial charge is 0.389 e. The van der Waals surface area contributed by atoms with Gasteiger partial charge >= 0.3 is 0 Å². The van der Waals surface area contributed by atoms with Crippen molar-refractivity contribution in [3.63, 3.8) is 0 Å². The second-order valence-electron chi connectivity index (χ2n) is 4.75. The van der Waals surface area contributed by atoms with Gasteiger partial charge in [0, 0.05) is 0 Å². The summed E-state index contributed by atoms with van der Waals surface area (Å²) >= 11 is 0. The minimum absolute atomic E-state index is 0.488. The zero-order valence-electron chi connectivity index (χ0n) is 11.4. The number of rotatable bonds is 7. The Morgan fingerprint density at radius 2 is 1.82 bits per heavy atom. The number of hydrogen-bond acceptors (Lipinski definition) is 2. The predicted molar refractivity (Wildman–Crippen MR) is 72.9 cm³/mol. The maximum Gasteiger partial charge on any atom is 0.142 e. The highest BCUT2D eigenvalue weighted by molar-refractivity contribution is 5.65. The van der Waals surface area contributed by atoms with Crippen molar-refractivity contribution in [1.29, 1.82) is 0 Å². The monoisotopic (exact) mass is 236 g/mol. The third-order valence-corrected chi connectivity index (χ3v) is 2.45. The van der Waals surface area contributed by atoms with Crippen molar-refractivity contribution >= 4 is 6.29 Å². The van der Waals surface area contributed by atoms with Gasteiger partial charge in [-0.15, -0.1) is 0 Å². The van der Waals surface area contributed by atoms with Crippen molar-refractivity contribution in [2.24, 2.45) is 0 Å². The third kappa shape index (κ3) is 9.76. The maximum absolute atomic E-state index is 10.2. The van der Waals surface area contributed by atoms with E-state index >= 15 is 0 Å². The molecule has 1 atom stereocenters. The molecule has 17 heavy (non-hydrogen) atoms. The van der Waals surface area contributed by atoms with Gasteiger partial charge in [0.05, 0.1) is 6.10 Å². The summed E-state index contributed by atoms with van der Waals surface area (Å²) in [6.45, 7) is 8.05. The Balaban J connectivity index is 4.14. The average molecular weight is 236 g/mol. The lowest BCUT2D eigenvalue weighted by molar-refractivity contribution is -0.104. The molecule has 0 aliphatic rings. The average Bonchev–Trinajstić information content (AvgIpc) is 2.16. The molecule has 1 N–H and O–H groups in total. The van der Waals surface area contributed by atoms with Gasteiger partial charge in [0.2, 0.25) is 0 Å². The standard InChI is InChI=1S/C15H24O2/c1-12(2)6-5-7-13(3)10-15(17)11-14(4)8-9-16/h6,8-10,15,17H,5,7,11H2,1-4H3/b13-10+,14-8+. The molecule has 0 saturated heterocycles. The molecule has 0 saturated carbocycles. The second kappa shape index (κ2) is 8.94. The Morgan fingerprint density at radius 3 is 2.35 bits per heavy atom. The summed E-state index contributed by atoms with van der Waals surface area (Å²) in [6.07, 6.45) is 8.35. The van der Waals surface area contributed by atoms with E-state index in [1.807, 2.05) is 19.9 Å². The fourth-order valence-corrected chi connectivity index (χ4v) is 1.57. The van der Waals surface area contributed by atoms with Crippen LogP contribution in [0.2, 0.25) is 0 Å². The summed E-state index contributed by atoms with van der Waals surface area (Å²) < 4.78 is 0. The Hall–Kier alpha value is -1.15. The molecule has 0 aromatic heterocycles. The van der Waals surface area contributed by atoms with Crippen molar-refractivity contribution in [2.75, 3.05) is 0 Å². The van der Waals surface area contributed by atoms with E-state index in [1.165, 1.54) is 17.2 Å². The van der Waals surface area contributed by atoms with Crippen molar-refractivity contribution in [3.05, 3.63) is 34.9 Å². The van der Waals surface area contributed by atoms with Gasteiger partial charge in [-0.25, -0.2) is 0 Å². The predicted octanol–water partition coefficient (Wildman–Crippen LogP) is 3.58. The van der Waals surface area contributed by atoms with Crippen LogP contribution in [0.1, 0.15) is 47.0 Å². The second-order valence-corrected chi connectivity index (χ2v) is 4.75. The molecule has 2 heteroatoms. The number of allylic oxidation sites excluding steroid dienone is 4. The molecule has 96 valence electrons. The van der Waals surface area contributed by atoms with E-state index in [0.717, 1.165) is 24.7 Å². The van der Waals surface area contributed by atoms with Gasteiger partial charge in [-0.2, -0.15) is 0 Å². The van der Waals surface area contributed by atoms with Crippen molar-refractivity contribution in [3.8, 4) is 0 Å². The molecule has 0 bridgehead atoms. The Kier molecular flexibility index (Phi) is 8.34. The van der Waals surface area contributed by atoms with E-state index in [2.05, 4.69) is 19.9 Å². The summed E-state index contributed by atoms with van der Waals surface area (Å²) in [5.74, 6) is 0. The van der Waals surface area contributed by atoms with Crippen LogP contribution in [0, 0.1) is 0 Å². The number of carbonyl (C=O) groups is 1. The molecule has 0 aromatic carbocycles. The lowest BCUT2D eigenvalue weighted by Crippen LogP contribution is -2.03. The third-order valence-electron chi connectivity index (χ3n) is 2.45. The summed E-state index contributed by atoms with van der Waals surface area (Å²) in [6, 6.07) is 0. The van der Waals surface area contributed by atoms with Crippen LogP contribution in [0.4, 0.5) is 0 Å². The van der Waals surface area contributed by atoms with E-state index in [0.29, 0.717) is 6.42 Å². The van der Waals surface area contributed by atoms with Crippen LogP contribution in [0.15, 0.2) is 34.9 Å². The van der Waals surface area contributed by atoms with Gasteiger partial charge in [0.1, 0.15) is 6.29 Å². The molecular weight excluding hydrogens is 212 g/mol. The molecule has 0 radical (unpaired) electrons. The number of aldehydes is 1. The fraction of sp³-hybridized carbons (Fsp3) is 0.533. The Bertz CT molecular complexity index is 318.